The largest absolute Gasteiger partial charge is 0.486 e. The van der Waals surface area contributed by atoms with E-state index >= 15 is 0 Å². The van der Waals surface area contributed by atoms with Crippen molar-refractivity contribution in [1.29, 1.82) is 0 Å². The smallest absolute Gasteiger partial charge is 0.327 e. The minimum absolute atomic E-state index is 0.00436. The third-order valence-electron chi connectivity index (χ3n) is 5.41. The molecule has 1 aliphatic heterocycles. The van der Waals surface area contributed by atoms with Gasteiger partial charge in [-0.05, 0) is 45.3 Å². The van der Waals surface area contributed by atoms with E-state index in [4.69, 9.17) is 26.2 Å². The summed E-state index contributed by atoms with van der Waals surface area (Å²) < 4.78 is 25.1. The third kappa shape index (κ3) is 9.30. The lowest BCUT2D eigenvalue weighted by Gasteiger charge is -2.17. The van der Waals surface area contributed by atoms with Gasteiger partial charge in [0.05, 0.1) is 29.4 Å². The lowest BCUT2D eigenvalue weighted by molar-refractivity contribution is -0.131. The van der Waals surface area contributed by atoms with Gasteiger partial charge in [0.1, 0.15) is 29.8 Å². The van der Waals surface area contributed by atoms with Crippen LogP contribution in [0.3, 0.4) is 0 Å². The number of ether oxygens (including phenoxy) is 2. The molecule has 0 saturated carbocycles. The van der Waals surface area contributed by atoms with E-state index < -0.39 is 11.8 Å². The van der Waals surface area contributed by atoms with Gasteiger partial charge in [0, 0.05) is 42.3 Å². The van der Waals surface area contributed by atoms with Crippen LogP contribution < -0.4 is 15.4 Å². The highest BCUT2D eigenvalue weighted by atomic mass is 35.5. The summed E-state index contributed by atoms with van der Waals surface area (Å²) in [5.74, 6) is -0.721. The first-order chi connectivity index (χ1) is 19.2. The van der Waals surface area contributed by atoms with E-state index in [1.54, 1.807) is 31.2 Å². The number of nitrogens with zero attached hydrogens (tertiary/aromatic N) is 3. The number of rotatable bonds is 9. The Hall–Kier alpha value is -4.06. The van der Waals surface area contributed by atoms with Crippen LogP contribution in [0, 0.1) is 5.82 Å². The Balaban J connectivity index is 0.000000663. The zero-order chi connectivity index (χ0) is 29.1. The summed E-state index contributed by atoms with van der Waals surface area (Å²) in [5, 5.41) is 14.5. The summed E-state index contributed by atoms with van der Waals surface area (Å²) in [6, 6.07) is 7.82. The Morgan fingerprint density at radius 1 is 1.25 bits per heavy atom. The molecule has 1 fully saturated rings. The molecule has 40 heavy (non-hydrogen) atoms. The number of likely N-dealkylation sites (N-methyl/N-ethyl adjacent to an activating group) is 1. The minimum Gasteiger partial charge on any atom is -0.486 e. The molecular weight excluding hydrogens is 541 g/mol. The quantitative estimate of drug-likeness (QED) is 0.303. The van der Waals surface area contributed by atoms with Crippen LogP contribution in [0.15, 0.2) is 61.0 Å². The molecule has 12 heteroatoms. The summed E-state index contributed by atoms with van der Waals surface area (Å²) >= 11 is 5.91. The zero-order valence-corrected chi connectivity index (χ0v) is 23.1. The lowest BCUT2D eigenvalue weighted by Crippen LogP contribution is -2.18. The lowest BCUT2D eigenvalue weighted by atomic mass is 10.1. The standard InChI is InChI=1S/C24H25ClFN5O3.C4H6O2/c1-31(2)8-3-4-23(32)30-21-11-17-20(12-22(21)34-16-7-9-33-13-16)27-14-28-24(17)29-15-5-6-19(26)18(25)10-15;1-2-3-4(5)6/h3-6,10-12,14,16H,7-9,13H2,1-2H3,(H,30,32)(H,27,28,29);2-3H,1H3,(H,5,6)/b4-3+;3-2+/t16-;/m0./s1. The van der Waals surface area contributed by atoms with Crippen molar-refractivity contribution in [1.82, 2.24) is 14.9 Å². The van der Waals surface area contributed by atoms with Crippen LogP contribution in [0.4, 0.5) is 21.6 Å². The van der Waals surface area contributed by atoms with Gasteiger partial charge in [0.25, 0.3) is 0 Å². The molecule has 0 radical (unpaired) electrons. The maximum absolute atomic E-state index is 13.6. The van der Waals surface area contributed by atoms with Crippen LogP contribution in [-0.4, -0.2) is 71.8 Å². The van der Waals surface area contributed by atoms with Gasteiger partial charge in [-0.2, -0.15) is 0 Å². The van der Waals surface area contributed by atoms with Crippen molar-refractivity contribution >= 4 is 51.6 Å². The van der Waals surface area contributed by atoms with E-state index in [0.29, 0.717) is 53.6 Å². The van der Waals surface area contributed by atoms with E-state index in [1.165, 1.54) is 30.6 Å². The van der Waals surface area contributed by atoms with E-state index in [9.17, 15) is 14.0 Å². The number of carbonyl (C=O) groups is 2. The first-order valence-electron chi connectivity index (χ1n) is 12.4. The Labute approximate surface area is 236 Å². The van der Waals surface area contributed by atoms with Crippen LogP contribution in [0.25, 0.3) is 10.9 Å². The van der Waals surface area contributed by atoms with Crippen molar-refractivity contribution in [3.05, 3.63) is 71.8 Å². The first-order valence-corrected chi connectivity index (χ1v) is 12.8. The number of carboxylic acid groups (broad SMARTS) is 1. The molecule has 4 rings (SSSR count). The second-order valence-electron chi connectivity index (χ2n) is 8.94. The van der Waals surface area contributed by atoms with Crippen LogP contribution in [0.5, 0.6) is 5.75 Å². The number of anilines is 3. The number of amides is 1. The van der Waals surface area contributed by atoms with E-state index in [2.05, 4.69) is 20.6 Å². The van der Waals surface area contributed by atoms with Crippen molar-refractivity contribution in [2.75, 3.05) is 44.5 Å². The summed E-state index contributed by atoms with van der Waals surface area (Å²) in [4.78, 5) is 32.7. The molecular formula is C28H31ClFN5O5. The molecule has 2 aromatic carbocycles. The van der Waals surface area contributed by atoms with Gasteiger partial charge in [0.2, 0.25) is 5.91 Å². The molecule has 0 bridgehead atoms. The predicted molar refractivity (Wildman–Crippen MR) is 153 cm³/mol. The molecule has 1 atom stereocenters. The molecule has 0 aliphatic carbocycles. The molecule has 212 valence electrons. The highest BCUT2D eigenvalue weighted by Gasteiger charge is 2.20. The zero-order valence-electron chi connectivity index (χ0n) is 22.4. The fraction of sp³-hybridized carbons (Fsp3) is 0.286. The predicted octanol–water partition coefficient (Wildman–Crippen LogP) is 5.04. The van der Waals surface area contributed by atoms with E-state index in [1.807, 2.05) is 19.0 Å². The Bertz CT molecular complexity index is 1390. The number of nitrogens with one attached hydrogen (secondary N) is 2. The van der Waals surface area contributed by atoms with E-state index in [-0.39, 0.29) is 17.0 Å². The number of halogens is 2. The molecule has 1 amide bonds. The Morgan fingerprint density at radius 3 is 2.67 bits per heavy atom. The monoisotopic (exact) mass is 571 g/mol. The minimum atomic E-state index is -0.891. The fourth-order valence-electron chi connectivity index (χ4n) is 3.56. The average Bonchev–Trinajstić information content (AvgIpc) is 3.40. The van der Waals surface area contributed by atoms with Gasteiger partial charge in [-0.25, -0.2) is 19.2 Å². The number of benzene rings is 2. The summed E-state index contributed by atoms with van der Waals surface area (Å²) in [6.45, 7) is 3.41. The number of allylic oxidation sites excluding steroid dienone is 1. The Kier molecular flexibility index (Phi) is 11.4. The number of fused-ring (bicyclic) bond motifs is 1. The molecule has 10 nitrogen and oxygen atoms in total. The number of hydrogen-bond donors (Lipinski definition) is 3. The van der Waals surface area contributed by atoms with Crippen molar-refractivity contribution in [3.8, 4) is 5.75 Å². The second-order valence-corrected chi connectivity index (χ2v) is 9.34. The molecule has 1 saturated heterocycles. The summed E-state index contributed by atoms with van der Waals surface area (Å²) in [6.07, 6.45) is 7.88. The van der Waals surface area contributed by atoms with Crippen molar-refractivity contribution in [2.45, 2.75) is 19.4 Å². The van der Waals surface area contributed by atoms with Crippen LogP contribution in [-0.2, 0) is 14.3 Å². The number of aliphatic carboxylic acids is 1. The molecule has 0 unspecified atom stereocenters. The van der Waals surface area contributed by atoms with Crippen molar-refractivity contribution < 1.29 is 28.6 Å². The highest BCUT2D eigenvalue weighted by Crippen LogP contribution is 2.35. The van der Waals surface area contributed by atoms with Crippen LogP contribution in [0.1, 0.15) is 13.3 Å². The fourth-order valence-corrected chi connectivity index (χ4v) is 3.74. The molecule has 1 aliphatic rings. The number of carboxylic acids is 1. The van der Waals surface area contributed by atoms with Gasteiger partial charge in [-0.15, -0.1) is 0 Å². The SMILES string of the molecule is C/C=C/C(=O)O.CN(C)C/C=C/C(=O)Nc1cc2c(Nc3ccc(F)c(Cl)c3)ncnc2cc1O[C@H]1CCOC1. The second kappa shape index (κ2) is 14.9. The summed E-state index contributed by atoms with van der Waals surface area (Å²) in [5.41, 5.74) is 1.65. The maximum atomic E-state index is 13.6. The number of aromatic nitrogens is 2. The molecule has 0 spiro atoms. The molecule has 2 heterocycles. The number of carbonyl (C=O) groups excluding carboxylic acids is 1. The van der Waals surface area contributed by atoms with Gasteiger partial charge in [0.15, 0.2) is 0 Å². The van der Waals surface area contributed by atoms with Gasteiger partial charge in [-0.1, -0.05) is 23.8 Å². The third-order valence-corrected chi connectivity index (χ3v) is 5.70. The first kappa shape index (κ1) is 30.5. The number of hydrogen-bond acceptors (Lipinski definition) is 8. The van der Waals surface area contributed by atoms with Crippen LogP contribution in [0.2, 0.25) is 5.02 Å². The van der Waals surface area contributed by atoms with Crippen LogP contribution >= 0.6 is 11.6 Å². The molecule has 3 N–H and O–H groups in total. The average molecular weight is 572 g/mol. The Morgan fingerprint density at radius 2 is 2.05 bits per heavy atom. The topological polar surface area (TPSA) is 126 Å². The maximum Gasteiger partial charge on any atom is 0.327 e. The summed E-state index contributed by atoms with van der Waals surface area (Å²) in [7, 11) is 3.84. The molecule has 3 aromatic rings. The van der Waals surface area contributed by atoms with Crippen molar-refractivity contribution in [3.63, 3.8) is 0 Å². The van der Waals surface area contributed by atoms with E-state index in [0.717, 1.165) is 12.5 Å². The highest BCUT2D eigenvalue weighted by molar-refractivity contribution is 6.31. The van der Waals surface area contributed by atoms with Crippen molar-refractivity contribution in [2.24, 2.45) is 0 Å². The van der Waals surface area contributed by atoms with Gasteiger partial charge < -0.3 is 30.1 Å². The van der Waals surface area contributed by atoms with Gasteiger partial charge >= 0.3 is 5.97 Å². The van der Waals surface area contributed by atoms with Gasteiger partial charge in [-0.3, -0.25) is 4.79 Å². The normalized spacial score (nSPS) is 14.9. The molecule has 1 aromatic heterocycles.